The quantitative estimate of drug-likeness (QED) is 0.577. The van der Waals surface area contributed by atoms with Gasteiger partial charge in [-0.3, -0.25) is 4.98 Å². The zero-order valence-electron chi connectivity index (χ0n) is 15.7. The molecule has 2 nitrogen and oxygen atoms in total. The van der Waals surface area contributed by atoms with Crippen molar-refractivity contribution in [1.82, 2.24) is 4.98 Å². The Kier molecular flexibility index (Phi) is 4.15. The predicted molar refractivity (Wildman–Crippen MR) is 112 cm³/mol. The highest BCUT2D eigenvalue weighted by Crippen LogP contribution is 2.67. The van der Waals surface area contributed by atoms with Gasteiger partial charge in [0.25, 0.3) is 0 Å². The first-order valence-electron chi connectivity index (χ1n) is 9.68. The Hall–Kier alpha value is -2.02. The molecule has 0 N–H and O–H groups in total. The molecule has 0 amide bonds. The van der Waals surface area contributed by atoms with Crippen LogP contribution in [-0.4, -0.2) is 4.98 Å². The second-order valence-corrected chi connectivity index (χ2v) is 10.0. The van der Waals surface area contributed by atoms with Crippen LogP contribution >= 0.6 is 8.15 Å². The van der Waals surface area contributed by atoms with Gasteiger partial charge in [0.1, 0.15) is 6.10 Å². The summed E-state index contributed by atoms with van der Waals surface area (Å²) < 4.78 is 6.98. The van der Waals surface area contributed by atoms with Crippen LogP contribution in [0.5, 0.6) is 0 Å². The highest BCUT2D eigenvalue weighted by Gasteiger charge is 2.58. The van der Waals surface area contributed by atoms with Crippen molar-refractivity contribution < 1.29 is 4.52 Å². The van der Waals surface area contributed by atoms with E-state index in [-0.39, 0.29) is 11.5 Å². The lowest BCUT2D eigenvalue weighted by Gasteiger charge is -2.59. The molecule has 27 heavy (non-hydrogen) atoms. The molecule has 1 fully saturated rings. The summed E-state index contributed by atoms with van der Waals surface area (Å²) in [5, 5.41) is 2.52. The van der Waals surface area contributed by atoms with Gasteiger partial charge in [0.15, 0.2) is 0 Å². The predicted octanol–water partition coefficient (Wildman–Crippen LogP) is 5.33. The minimum Gasteiger partial charge on any atom is -0.340 e. The van der Waals surface area contributed by atoms with Crippen molar-refractivity contribution in [2.75, 3.05) is 0 Å². The van der Waals surface area contributed by atoms with Crippen LogP contribution in [0, 0.1) is 11.3 Å². The Morgan fingerprint density at radius 2 is 1.52 bits per heavy atom. The summed E-state index contributed by atoms with van der Waals surface area (Å²) in [5.74, 6) is 1.15. The first-order chi connectivity index (χ1) is 13.2. The maximum atomic E-state index is 6.98. The lowest BCUT2D eigenvalue weighted by atomic mass is 9.47. The molecule has 3 heteroatoms. The Bertz CT molecular complexity index is 901. The van der Waals surface area contributed by atoms with Gasteiger partial charge in [-0.25, -0.2) is 0 Å². The van der Waals surface area contributed by atoms with Gasteiger partial charge in [-0.05, 0) is 35.3 Å². The zero-order chi connectivity index (χ0) is 18.4. The fourth-order valence-corrected chi connectivity index (χ4v) is 6.69. The third-order valence-electron chi connectivity index (χ3n) is 6.43. The van der Waals surface area contributed by atoms with Crippen LogP contribution in [0.15, 0.2) is 79.0 Å². The van der Waals surface area contributed by atoms with Crippen LogP contribution < -0.4 is 10.6 Å². The SMILES string of the molecule is CC1(C)[C@@H]2C[C@H]1[C@@H](OP(c1ccccc1)c1ccccc1)c1ncccc12. The number of hydrogen-bond acceptors (Lipinski definition) is 2. The summed E-state index contributed by atoms with van der Waals surface area (Å²) >= 11 is 0. The molecule has 1 saturated carbocycles. The van der Waals surface area contributed by atoms with Gasteiger partial charge in [0, 0.05) is 16.8 Å². The van der Waals surface area contributed by atoms with Crippen LogP contribution in [0.2, 0.25) is 0 Å². The Morgan fingerprint density at radius 1 is 0.889 bits per heavy atom. The Balaban J connectivity index is 1.57. The molecule has 2 bridgehead atoms. The van der Waals surface area contributed by atoms with Crippen molar-refractivity contribution in [1.29, 1.82) is 0 Å². The molecule has 0 radical (unpaired) electrons. The van der Waals surface area contributed by atoms with Gasteiger partial charge < -0.3 is 4.52 Å². The van der Waals surface area contributed by atoms with E-state index in [1.165, 1.54) is 22.6 Å². The highest BCUT2D eigenvalue weighted by atomic mass is 31.1. The number of hydrogen-bond donors (Lipinski definition) is 0. The zero-order valence-corrected chi connectivity index (χ0v) is 16.6. The molecule has 0 aliphatic heterocycles. The van der Waals surface area contributed by atoms with E-state index in [9.17, 15) is 0 Å². The third-order valence-corrected chi connectivity index (χ3v) is 8.40. The summed E-state index contributed by atoms with van der Waals surface area (Å²) in [6.07, 6.45) is 3.19. The van der Waals surface area contributed by atoms with Crippen molar-refractivity contribution in [3.05, 3.63) is 90.3 Å². The van der Waals surface area contributed by atoms with E-state index in [0.29, 0.717) is 11.8 Å². The Labute approximate surface area is 162 Å². The van der Waals surface area contributed by atoms with Gasteiger partial charge in [0.05, 0.1) is 13.8 Å². The maximum absolute atomic E-state index is 6.98. The second kappa shape index (κ2) is 6.55. The average molecular weight is 373 g/mol. The molecule has 3 aliphatic rings. The molecule has 3 aliphatic carbocycles. The summed E-state index contributed by atoms with van der Waals surface area (Å²) in [4.78, 5) is 4.77. The van der Waals surface area contributed by atoms with Gasteiger partial charge in [-0.2, -0.15) is 0 Å². The molecule has 0 unspecified atom stereocenters. The number of aromatic nitrogens is 1. The molecule has 3 aromatic rings. The third kappa shape index (κ3) is 2.74. The van der Waals surface area contributed by atoms with Crippen molar-refractivity contribution in [3.63, 3.8) is 0 Å². The van der Waals surface area contributed by atoms with E-state index in [1.807, 2.05) is 6.20 Å². The first-order valence-corrected chi connectivity index (χ1v) is 10.9. The fourth-order valence-electron chi connectivity index (χ4n) is 4.79. The lowest BCUT2D eigenvalue weighted by molar-refractivity contribution is -0.0676. The summed E-state index contributed by atoms with van der Waals surface area (Å²) in [6.45, 7) is 4.79. The van der Waals surface area contributed by atoms with E-state index in [0.717, 1.165) is 5.69 Å². The smallest absolute Gasteiger partial charge is 0.108 e. The molecular weight excluding hydrogens is 349 g/mol. The molecular formula is C24H24NOP. The van der Waals surface area contributed by atoms with Crippen LogP contribution in [-0.2, 0) is 4.52 Å². The van der Waals surface area contributed by atoms with Crippen LogP contribution in [0.4, 0.5) is 0 Å². The molecule has 3 atom stereocenters. The lowest BCUT2D eigenvalue weighted by Crippen LogP contribution is -2.51. The van der Waals surface area contributed by atoms with Crippen LogP contribution in [0.25, 0.3) is 0 Å². The minimum absolute atomic E-state index is 0.0627. The average Bonchev–Trinajstić information content (AvgIpc) is 2.72. The topological polar surface area (TPSA) is 22.1 Å². The van der Waals surface area contributed by atoms with Crippen LogP contribution in [0.3, 0.4) is 0 Å². The highest BCUT2D eigenvalue weighted by molar-refractivity contribution is 7.68. The maximum Gasteiger partial charge on any atom is 0.108 e. The van der Waals surface area contributed by atoms with Crippen molar-refractivity contribution in [2.24, 2.45) is 11.3 Å². The monoisotopic (exact) mass is 373 g/mol. The fraction of sp³-hybridized carbons (Fsp3) is 0.292. The second-order valence-electron chi connectivity index (χ2n) is 8.19. The number of rotatable bonds is 4. The van der Waals surface area contributed by atoms with Gasteiger partial charge in [-0.15, -0.1) is 0 Å². The molecule has 2 aromatic carbocycles. The van der Waals surface area contributed by atoms with Crippen molar-refractivity contribution >= 4 is 18.8 Å². The summed E-state index contributed by atoms with van der Waals surface area (Å²) in [7, 11) is -0.882. The largest absolute Gasteiger partial charge is 0.340 e. The molecule has 6 rings (SSSR count). The first kappa shape index (κ1) is 17.1. The van der Waals surface area contributed by atoms with E-state index < -0.39 is 8.15 Å². The Morgan fingerprint density at radius 3 is 2.11 bits per heavy atom. The van der Waals surface area contributed by atoms with Gasteiger partial charge in [0.2, 0.25) is 0 Å². The van der Waals surface area contributed by atoms with E-state index in [4.69, 9.17) is 9.51 Å². The molecule has 1 heterocycles. The van der Waals surface area contributed by atoms with Gasteiger partial charge >= 0.3 is 0 Å². The summed E-state index contributed by atoms with van der Waals surface area (Å²) in [6, 6.07) is 25.6. The van der Waals surface area contributed by atoms with Crippen molar-refractivity contribution in [2.45, 2.75) is 32.3 Å². The van der Waals surface area contributed by atoms with Crippen molar-refractivity contribution in [3.8, 4) is 0 Å². The summed E-state index contributed by atoms with van der Waals surface area (Å²) in [5.41, 5.74) is 2.83. The number of nitrogens with zero attached hydrogens (tertiary/aromatic N) is 1. The van der Waals surface area contributed by atoms with E-state index in [2.05, 4.69) is 86.6 Å². The molecule has 0 spiro atoms. The normalized spacial score (nSPS) is 24.9. The standard InChI is InChI=1S/C24H24NOP/c1-24(2)20-16-21(24)23(22-19(20)14-9-15-25-22)26-27(17-10-5-3-6-11-17)18-12-7-4-8-13-18/h3-15,20-21,23H,16H2,1-2H3/t20-,21+,23-/m1/s1. The minimum atomic E-state index is -0.882. The van der Waals surface area contributed by atoms with E-state index in [1.54, 1.807) is 0 Å². The van der Waals surface area contributed by atoms with Gasteiger partial charge in [-0.1, -0.05) is 80.6 Å². The number of benzene rings is 2. The number of pyridine rings is 1. The van der Waals surface area contributed by atoms with Crippen LogP contribution in [0.1, 0.15) is 43.5 Å². The molecule has 1 aromatic heterocycles. The molecule has 136 valence electrons. The van der Waals surface area contributed by atoms with E-state index >= 15 is 0 Å². The molecule has 0 saturated heterocycles.